The van der Waals surface area contributed by atoms with Gasteiger partial charge in [0.1, 0.15) is 23.0 Å². The van der Waals surface area contributed by atoms with Crippen LogP contribution in [0.2, 0.25) is 0 Å². The molecule has 3 nitrogen and oxygen atoms in total. The molecule has 0 aliphatic carbocycles. The Morgan fingerprint density at radius 2 is 1.13 bits per heavy atom. The quantitative estimate of drug-likeness (QED) is 0.653. The Hall–Kier alpha value is -2.16. The van der Waals surface area contributed by atoms with Gasteiger partial charge >= 0.3 is 0 Å². The predicted octanol–water partition coefficient (Wildman–Crippen LogP) is 5.40. The highest BCUT2D eigenvalue weighted by Crippen LogP contribution is 2.33. The van der Waals surface area contributed by atoms with Crippen molar-refractivity contribution in [3.63, 3.8) is 0 Å². The maximum absolute atomic E-state index is 6.23. The zero-order valence-electron chi connectivity index (χ0n) is 14.5. The van der Waals surface area contributed by atoms with Crippen molar-refractivity contribution in [1.29, 1.82) is 0 Å². The molecule has 0 bridgehead atoms. The highest BCUT2D eigenvalue weighted by Gasteiger charge is 2.10. The van der Waals surface area contributed by atoms with Gasteiger partial charge < -0.3 is 14.2 Å². The second-order valence-corrected chi connectivity index (χ2v) is 5.55. The van der Waals surface area contributed by atoms with Gasteiger partial charge in [-0.2, -0.15) is 0 Å². The minimum absolute atomic E-state index is 0.865. The summed E-state index contributed by atoms with van der Waals surface area (Å²) in [7, 11) is 3.38. The van der Waals surface area contributed by atoms with E-state index in [4.69, 9.17) is 14.2 Å². The lowest BCUT2D eigenvalue weighted by Gasteiger charge is -2.15. The van der Waals surface area contributed by atoms with E-state index >= 15 is 0 Å². The predicted molar refractivity (Wildman–Crippen MR) is 94.1 cm³/mol. The van der Waals surface area contributed by atoms with Crippen LogP contribution in [-0.2, 0) is 12.8 Å². The lowest BCUT2D eigenvalue weighted by molar-refractivity contribution is 0.408. The van der Waals surface area contributed by atoms with Gasteiger partial charge in [-0.1, -0.05) is 26.7 Å². The molecule has 0 aliphatic rings. The van der Waals surface area contributed by atoms with Gasteiger partial charge in [0.15, 0.2) is 0 Å². The molecule has 0 N–H and O–H groups in total. The first kappa shape index (κ1) is 17.2. The molecule has 2 rings (SSSR count). The molecule has 23 heavy (non-hydrogen) atoms. The van der Waals surface area contributed by atoms with Crippen LogP contribution in [0, 0.1) is 0 Å². The van der Waals surface area contributed by atoms with Crippen molar-refractivity contribution in [1.82, 2.24) is 0 Å². The molecular weight excluding hydrogens is 288 g/mol. The Balaban J connectivity index is 2.34. The molecule has 0 fully saturated rings. The van der Waals surface area contributed by atoms with Gasteiger partial charge in [0.2, 0.25) is 0 Å². The van der Waals surface area contributed by atoms with Crippen molar-refractivity contribution in [3.05, 3.63) is 47.5 Å². The Morgan fingerprint density at radius 3 is 1.48 bits per heavy atom. The Bertz CT molecular complexity index is 579. The van der Waals surface area contributed by atoms with Crippen molar-refractivity contribution in [3.8, 4) is 23.0 Å². The van der Waals surface area contributed by atoms with Gasteiger partial charge in [-0.25, -0.2) is 0 Å². The van der Waals surface area contributed by atoms with Crippen LogP contribution < -0.4 is 14.2 Å². The fourth-order valence-electron chi connectivity index (χ4n) is 2.61. The second-order valence-electron chi connectivity index (χ2n) is 5.55. The summed E-state index contributed by atoms with van der Waals surface area (Å²) >= 11 is 0. The number of hydrogen-bond acceptors (Lipinski definition) is 3. The SMILES string of the molecule is CCCc1cc(OC)ccc1Oc1ccc(OC)cc1CCC. The molecule has 0 radical (unpaired) electrons. The smallest absolute Gasteiger partial charge is 0.130 e. The Labute approximate surface area is 139 Å². The fourth-order valence-corrected chi connectivity index (χ4v) is 2.61. The number of hydrogen-bond donors (Lipinski definition) is 0. The van der Waals surface area contributed by atoms with E-state index in [2.05, 4.69) is 26.0 Å². The monoisotopic (exact) mass is 314 g/mol. The van der Waals surface area contributed by atoms with Crippen molar-refractivity contribution < 1.29 is 14.2 Å². The second kappa shape index (κ2) is 8.47. The number of rotatable bonds is 8. The summed E-state index contributed by atoms with van der Waals surface area (Å²) in [6.07, 6.45) is 4.06. The molecule has 0 saturated heterocycles. The summed E-state index contributed by atoms with van der Waals surface area (Å²) in [5.74, 6) is 3.53. The summed E-state index contributed by atoms with van der Waals surface area (Å²) in [6.45, 7) is 4.33. The van der Waals surface area contributed by atoms with Gasteiger partial charge in [-0.05, 0) is 60.4 Å². The maximum Gasteiger partial charge on any atom is 0.130 e. The van der Waals surface area contributed by atoms with E-state index in [0.29, 0.717) is 0 Å². The zero-order valence-corrected chi connectivity index (χ0v) is 14.5. The normalized spacial score (nSPS) is 10.4. The van der Waals surface area contributed by atoms with Crippen molar-refractivity contribution in [2.24, 2.45) is 0 Å². The van der Waals surface area contributed by atoms with Crippen LogP contribution in [0.5, 0.6) is 23.0 Å². The third-order valence-electron chi connectivity index (χ3n) is 3.79. The standard InChI is InChI=1S/C20H26O3/c1-5-7-15-13-17(21-3)9-11-19(15)23-20-12-10-18(22-4)14-16(20)8-6-2/h9-14H,5-8H2,1-4H3. The molecule has 0 spiro atoms. The molecule has 124 valence electrons. The third kappa shape index (κ3) is 4.41. The first-order valence-electron chi connectivity index (χ1n) is 8.23. The first-order valence-corrected chi connectivity index (χ1v) is 8.23. The fraction of sp³-hybridized carbons (Fsp3) is 0.400. The Morgan fingerprint density at radius 1 is 0.696 bits per heavy atom. The minimum Gasteiger partial charge on any atom is -0.497 e. The van der Waals surface area contributed by atoms with Crippen LogP contribution in [0.3, 0.4) is 0 Å². The highest BCUT2D eigenvalue weighted by atomic mass is 16.5. The number of aryl methyl sites for hydroxylation is 2. The van der Waals surface area contributed by atoms with Gasteiger partial charge in [0, 0.05) is 0 Å². The number of ether oxygens (including phenoxy) is 3. The molecule has 0 saturated carbocycles. The summed E-state index contributed by atoms with van der Waals surface area (Å²) in [4.78, 5) is 0. The van der Waals surface area contributed by atoms with Crippen LogP contribution in [0.4, 0.5) is 0 Å². The summed E-state index contributed by atoms with van der Waals surface area (Å²) < 4.78 is 16.9. The average molecular weight is 314 g/mol. The van der Waals surface area contributed by atoms with Crippen LogP contribution >= 0.6 is 0 Å². The molecule has 0 heterocycles. The summed E-state index contributed by atoms with van der Waals surface area (Å²) in [5.41, 5.74) is 2.34. The van der Waals surface area contributed by atoms with E-state index in [0.717, 1.165) is 48.7 Å². The van der Waals surface area contributed by atoms with Gasteiger partial charge in [-0.15, -0.1) is 0 Å². The van der Waals surface area contributed by atoms with Crippen molar-refractivity contribution in [2.75, 3.05) is 14.2 Å². The summed E-state index contributed by atoms with van der Waals surface area (Å²) in [6, 6.07) is 12.0. The van der Waals surface area contributed by atoms with E-state index in [-0.39, 0.29) is 0 Å². The number of benzene rings is 2. The maximum atomic E-state index is 6.23. The van der Waals surface area contributed by atoms with Crippen LogP contribution in [0.15, 0.2) is 36.4 Å². The number of methoxy groups -OCH3 is 2. The molecular formula is C20H26O3. The van der Waals surface area contributed by atoms with Crippen LogP contribution in [0.1, 0.15) is 37.8 Å². The molecule has 0 aliphatic heterocycles. The topological polar surface area (TPSA) is 27.7 Å². The van der Waals surface area contributed by atoms with Gasteiger partial charge in [0.25, 0.3) is 0 Å². The third-order valence-corrected chi connectivity index (χ3v) is 3.79. The lowest BCUT2D eigenvalue weighted by Crippen LogP contribution is -1.97. The van der Waals surface area contributed by atoms with Crippen LogP contribution in [0.25, 0.3) is 0 Å². The molecule has 0 amide bonds. The average Bonchev–Trinajstić information content (AvgIpc) is 2.58. The molecule has 3 heteroatoms. The Kier molecular flexibility index (Phi) is 6.33. The molecule has 2 aromatic rings. The van der Waals surface area contributed by atoms with Crippen LogP contribution in [-0.4, -0.2) is 14.2 Å². The lowest BCUT2D eigenvalue weighted by atomic mass is 10.1. The van der Waals surface area contributed by atoms with E-state index in [9.17, 15) is 0 Å². The first-order chi connectivity index (χ1) is 11.2. The summed E-state index contributed by atoms with van der Waals surface area (Å²) in [5, 5.41) is 0. The highest BCUT2D eigenvalue weighted by molar-refractivity contribution is 5.46. The van der Waals surface area contributed by atoms with E-state index in [1.807, 2.05) is 24.3 Å². The van der Waals surface area contributed by atoms with E-state index < -0.39 is 0 Å². The van der Waals surface area contributed by atoms with Gasteiger partial charge in [-0.3, -0.25) is 0 Å². The van der Waals surface area contributed by atoms with E-state index in [1.165, 1.54) is 11.1 Å². The molecule has 0 atom stereocenters. The molecule has 0 unspecified atom stereocenters. The minimum atomic E-state index is 0.865. The molecule has 0 aromatic heterocycles. The largest absolute Gasteiger partial charge is 0.497 e. The van der Waals surface area contributed by atoms with Gasteiger partial charge in [0.05, 0.1) is 14.2 Å². The van der Waals surface area contributed by atoms with Crippen molar-refractivity contribution >= 4 is 0 Å². The van der Waals surface area contributed by atoms with E-state index in [1.54, 1.807) is 14.2 Å². The molecule has 2 aromatic carbocycles. The van der Waals surface area contributed by atoms with Crippen molar-refractivity contribution in [2.45, 2.75) is 39.5 Å². The zero-order chi connectivity index (χ0) is 16.7.